The molecule has 1 saturated heterocycles. The Morgan fingerprint density at radius 2 is 1.94 bits per heavy atom. The van der Waals surface area contributed by atoms with Crippen LogP contribution in [0.25, 0.3) is 5.52 Å². The van der Waals surface area contributed by atoms with Crippen LogP contribution in [-0.2, 0) is 4.74 Å². The van der Waals surface area contributed by atoms with Crippen LogP contribution in [0.2, 0.25) is 0 Å². The van der Waals surface area contributed by atoms with Gasteiger partial charge in [0.1, 0.15) is 34.8 Å². The van der Waals surface area contributed by atoms with Gasteiger partial charge in [0.25, 0.3) is 0 Å². The average molecular weight is 433 g/mol. The second kappa shape index (κ2) is 8.20. The Morgan fingerprint density at radius 1 is 1.12 bits per heavy atom. The molecule has 1 aliphatic heterocycles. The molecule has 0 aromatic carbocycles. The number of aromatic nitrogens is 2. The van der Waals surface area contributed by atoms with Crippen molar-refractivity contribution in [2.24, 2.45) is 0 Å². The summed E-state index contributed by atoms with van der Waals surface area (Å²) in [4.78, 5) is 46.2. The molecule has 8 nitrogen and oxygen atoms in total. The Bertz CT molecular complexity index is 1240. The van der Waals surface area contributed by atoms with Gasteiger partial charge in [-0.05, 0) is 57.1 Å². The number of pyridine rings is 2. The summed E-state index contributed by atoms with van der Waals surface area (Å²) >= 11 is 0. The number of ketones is 2. The summed E-state index contributed by atoms with van der Waals surface area (Å²) in [5.41, 5.74) is 0.857. The minimum Gasteiger partial charge on any atom is -0.490 e. The maximum Gasteiger partial charge on any atom is 0.341 e. The van der Waals surface area contributed by atoms with Crippen LogP contribution in [0.15, 0.2) is 36.7 Å². The van der Waals surface area contributed by atoms with E-state index in [1.54, 1.807) is 41.8 Å². The van der Waals surface area contributed by atoms with Crippen molar-refractivity contribution in [2.75, 3.05) is 32.8 Å². The molecule has 0 N–H and O–H groups in total. The molecule has 3 aromatic heterocycles. The monoisotopic (exact) mass is 433 g/mol. The second-order valence-corrected chi connectivity index (χ2v) is 7.87. The van der Waals surface area contributed by atoms with Gasteiger partial charge in [0.2, 0.25) is 5.78 Å². The van der Waals surface area contributed by atoms with E-state index in [0.29, 0.717) is 17.9 Å². The third kappa shape index (κ3) is 3.18. The number of likely N-dealkylation sites (tertiary alicyclic amines) is 1. The molecule has 164 valence electrons. The van der Waals surface area contributed by atoms with Crippen LogP contribution in [0.4, 0.5) is 0 Å². The van der Waals surface area contributed by atoms with E-state index in [4.69, 9.17) is 9.47 Å². The highest BCUT2D eigenvalue weighted by atomic mass is 16.5. The third-order valence-corrected chi connectivity index (χ3v) is 5.97. The molecule has 0 radical (unpaired) electrons. The highest BCUT2D eigenvalue weighted by Gasteiger charge is 2.40. The van der Waals surface area contributed by atoms with Crippen LogP contribution >= 0.6 is 0 Å². The first-order chi connectivity index (χ1) is 15.6. The van der Waals surface area contributed by atoms with E-state index >= 15 is 0 Å². The number of carbonyl (C=O) groups is 3. The third-order valence-electron chi connectivity index (χ3n) is 5.97. The quantitative estimate of drug-likeness (QED) is 0.432. The summed E-state index contributed by atoms with van der Waals surface area (Å²) in [5, 5.41) is 0. The molecule has 0 bridgehead atoms. The molecular weight excluding hydrogens is 410 g/mol. The van der Waals surface area contributed by atoms with Crippen LogP contribution in [0.3, 0.4) is 0 Å². The van der Waals surface area contributed by atoms with E-state index in [2.05, 4.69) is 9.88 Å². The van der Waals surface area contributed by atoms with Gasteiger partial charge in [-0.1, -0.05) is 0 Å². The van der Waals surface area contributed by atoms with E-state index in [-0.39, 0.29) is 34.7 Å². The van der Waals surface area contributed by atoms with Gasteiger partial charge in [0, 0.05) is 18.9 Å². The molecule has 0 amide bonds. The Morgan fingerprint density at radius 3 is 2.72 bits per heavy atom. The van der Waals surface area contributed by atoms with Crippen molar-refractivity contribution in [3.63, 3.8) is 0 Å². The topological polar surface area (TPSA) is 90.2 Å². The first kappa shape index (κ1) is 20.4. The number of hydrogen-bond acceptors (Lipinski definition) is 7. The van der Waals surface area contributed by atoms with Crippen molar-refractivity contribution in [1.82, 2.24) is 14.3 Å². The van der Waals surface area contributed by atoms with Gasteiger partial charge in [0.15, 0.2) is 5.78 Å². The van der Waals surface area contributed by atoms with Crippen LogP contribution in [0, 0.1) is 0 Å². The zero-order valence-electron chi connectivity index (χ0n) is 17.8. The molecule has 0 spiro atoms. The Hall–Kier alpha value is -3.52. The molecule has 2 aliphatic rings. The summed E-state index contributed by atoms with van der Waals surface area (Å²) in [6, 6.07) is 6.63. The fourth-order valence-electron chi connectivity index (χ4n) is 4.55. The standard InChI is InChI=1S/C24H23N3O5/c1-2-31-24(30)18-17-21(23(29)19-15(22(17)28)7-5-9-25-19)27-12-6-8-16(20(18)27)32-14-13-26-10-3-4-11-26/h5-9,12H,2-4,10-11,13-14H2,1H3. The van der Waals surface area contributed by atoms with Gasteiger partial charge in [-0.2, -0.15) is 0 Å². The lowest BCUT2D eigenvalue weighted by Gasteiger charge is -2.16. The van der Waals surface area contributed by atoms with Crippen LogP contribution in [-0.4, -0.2) is 64.7 Å². The molecule has 1 fully saturated rings. The number of ether oxygens (including phenoxy) is 2. The van der Waals surface area contributed by atoms with Crippen molar-refractivity contribution in [3.05, 3.63) is 64.7 Å². The zero-order chi connectivity index (χ0) is 22.2. The SMILES string of the molecule is CCOC(=O)c1c2c(n3cccc(OCCN4CCCC4)c13)C(=O)c1ncccc1C2=O. The molecule has 4 heterocycles. The van der Waals surface area contributed by atoms with Crippen LogP contribution in [0.1, 0.15) is 62.2 Å². The Kier molecular flexibility index (Phi) is 5.22. The maximum atomic E-state index is 13.4. The fraction of sp³-hybridized carbons (Fsp3) is 0.333. The minimum absolute atomic E-state index is 0.0459. The van der Waals surface area contributed by atoms with Crippen molar-refractivity contribution >= 4 is 23.1 Å². The number of hydrogen-bond donors (Lipinski definition) is 0. The van der Waals surface area contributed by atoms with Crippen molar-refractivity contribution in [1.29, 1.82) is 0 Å². The smallest absolute Gasteiger partial charge is 0.341 e. The number of fused-ring (bicyclic) bond motifs is 4. The van der Waals surface area contributed by atoms with E-state index in [1.807, 2.05) is 0 Å². The molecule has 32 heavy (non-hydrogen) atoms. The average Bonchev–Trinajstić information content (AvgIpc) is 3.44. The first-order valence-corrected chi connectivity index (χ1v) is 10.9. The van der Waals surface area contributed by atoms with Gasteiger partial charge in [0.05, 0.1) is 17.7 Å². The highest BCUT2D eigenvalue weighted by molar-refractivity contribution is 6.31. The largest absolute Gasteiger partial charge is 0.490 e. The number of rotatable bonds is 6. The highest BCUT2D eigenvalue weighted by Crippen LogP contribution is 2.37. The lowest BCUT2D eigenvalue weighted by Crippen LogP contribution is -2.25. The van der Waals surface area contributed by atoms with E-state index in [0.717, 1.165) is 19.6 Å². The van der Waals surface area contributed by atoms with Gasteiger partial charge >= 0.3 is 5.97 Å². The molecule has 0 saturated carbocycles. The predicted octanol–water partition coefficient (Wildman–Crippen LogP) is 2.76. The van der Waals surface area contributed by atoms with Crippen molar-refractivity contribution < 1.29 is 23.9 Å². The summed E-state index contributed by atoms with van der Waals surface area (Å²) in [7, 11) is 0. The lowest BCUT2D eigenvalue weighted by atomic mass is 9.89. The van der Waals surface area contributed by atoms with Crippen LogP contribution < -0.4 is 4.74 Å². The van der Waals surface area contributed by atoms with E-state index in [1.165, 1.54) is 19.0 Å². The van der Waals surface area contributed by atoms with Gasteiger partial charge in [-0.15, -0.1) is 0 Å². The molecule has 3 aromatic rings. The number of esters is 1. The Balaban J connectivity index is 1.65. The lowest BCUT2D eigenvalue weighted by molar-refractivity contribution is 0.0525. The minimum atomic E-state index is -0.657. The Labute approximate surface area is 184 Å². The molecule has 1 aliphatic carbocycles. The summed E-state index contributed by atoms with van der Waals surface area (Å²) < 4.78 is 12.9. The van der Waals surface area contributed by atoms with Gasteiger partial charge in [-0.25, -0.2) is 4.79 Å². The predicted molar refractivity (Wildman–Crippen MR) is 116 cm³/mol. The zero-order valence-corrected chi connectivity index (χ0v) is 17.8. The van der Waals surface area contributed by atoms with E-state index in [9.17, 15) is 14.4 Å². The number of nitrogens with zero attached hydrogens (tertiary/aromatic N) is 3. The molecular formula is C24H23N3O5. The number of carbonyl (C=O) groups excluding carboxylic acids is 3. The molecule has 8 heteroatoms. The van der Waals surface area contributed by atoms with Crippen LogP contribution in [0.5, 0.6) is 5.75 Å². The van der Waals surface area contributed by atoms with Gasteiger partial charge in [-0.3, -0.25) is 19.5 Å². The molecule has 0 unspecified atom stereocenters. The first-order valence-electron chi connectivity index (χ1n) is 10.9. The van der Waals surface area contributed by atoms with Gasteiger partial charge < -0.3 is 13.9 Å². The summed E-state index contributed by atoms with van der Waals surface area (Å²) in [5.74, 6) is -1.05. The second-order valence-electron chi connectivity index (χ2n) is 7.87. The normalized spacial score (nSPS) is 15.7. The summed E-state index contributed by atoms with van der Waals surface area (Å²) in [6.07, 6.45) is 5.51. The molecule has 5 rings (SSSR count). The fourth-order valence-corrected chi connectivity index (χ4v) is 4.55. The molecule has 0 atom stereocenters. The van der Waals surface area contributed by atoms with E-state index < -0.39 is 17.5 Å². The van der Waals surface area contributed by atoms with Crippen molar-refractivity contribution in [3.8, 4) is 5.75 Å². The maximum absolute atomic E-state index is 13.4. The van der Waals surface area contributed by atoms with Crippen molar-refractivity contribution in [2.45, 2.75) is 19.8 Å². The summed E-state index contributed by atoms with van der Waals surface area (Å²) in [6.45, 7) is 5.14.